The molecule has 1 aromatic rings. The molecular weight excluding hydrogens is 248 g/mol. The van der Waals surface area contributed by atoms with E-state index in [1.165, 1.54) is 0 Å². The van der Waals surface area contributed by atoms with E-state index in [1.807, 2.05) is 24.0 Å². The van der Waals surface area contributed by atoms with Crippen molar-refractivity contribution in [2.75, 3.05) is 19.6 Å². The first-order valence-electron chi connectivity index (χ1n) is 6.44. The zero-order chi connectivity index (χ0) is 12.7. The fraction of sp³-hybridized carbons (Fsp3) is 0.500. The average Bonchev–Trinajstić information content (AvgIpc) is 2.93. The quantitative estimate of drug-likeness (QED) is 0.842. The molecule has 3 nitrogen and oxygen atoms in total. The molecule has 4 heteroatoms. The Morgan fingerprint density at radius 3 is 3.11 bits per heavy atom. The lowest BCUT2D eigenvalue weighted by Gasteiger charge is -2.24. The fourth-order valence-corrected chi connectivity index (χ4v) is 3.25. The normalized spacial score (nSPS) is 26.4. The number of nitrogens with zero attached hydrogens (tertiary/aromatic N) is 1. The minimum absolute atomic E-state index is 0.131. The predicted molar refractivity (Wildman–Crippen MR) is 72.0 cm³/mol. The van der Waals surface area contributed by atoms with Crippen LogP contribution in [-0.4, -0.2) is 36.5 Å². The topological polar surface area (TPSA) is 32.3 Å². The highest BCUT2D eigenvalue weighted by Gasteiger charge is 2.40. The van der Waals surface area contributed by atoms with Crippen molar-refractivity contribution in [1.29, 1.82) is 0 Å². The summed E-state index contributed by atoms with van der Waals surface area (Å²) in [7, 11) is 0. The van der Waals surface area contributed by atoms with Gasteiger partial charge in [0.25, 0.3) is 5.91 Å². The van der Waals surface area contributed by atoms with Gasteiger partial charge in [-0.3, -0.25) is 4.79 Å². The van der Waals surface area contributed by atoms with Crippen molar-refractivity contribution >= 4 is 17.5 Å². The Bertz CT molecular complexity index is 489. The molecule has 2 aliphatic heterocycles. The van der Waals surface area contributed by atoms with Gasteiger partial charge in [-0.25, -0.2) is 0 Å². The molecule has 3 rings (SSSR count). The summed E-state index contributed by atoms with van der Waals surface area (Å²) in [5, 5.41) is 4.00. The van der Waals surface area contributed by atoms with Gasteiger partial charge in [0.2, 0.25) is 0 Å². The largest absolute Gasteiger partial charge is 0.334 e. The van der Waals surface area contributed by atoms with Crippen molar-refractivity contribution in [3.05, 3.63) is 34.3 Å². The molecule has 1 aromatic carbocycles. The van der Waals surface area contributed by atoms with Crippen molar-refractivity contribution in [3.8, 4) is 0 Å². The second-order valence-electron chi connectivity index (χ2n) is 5.23. The van der Waals surface area contributed by atoms with E-state index in [1.54, 1.807) is 6.07 Å². The van der Waals surface area contributed by atoms with Crippen LogP contribution < -0.4 is 5.32 Å². The summed E-state index contributed by atoms with van der Waals surface area (Å²) in [6.07, 6.45) is 1.11. The zero-order valence-corrected chi connectivity index (χ0v) is 11.2. The van der Waals surface area contributed by atoms with Crippen LogP contribution in [-0.2, 0) is 0 Å². The van der Waals surface area contributed by atoms with E-state index in [0.717, 1.165) is 37.2 Å². The van der Waals surface area contributed by atoms with Crippen LogP contribution in [0.4, 0.5) is 0 Å². The number of carbonyl (C=O) groups excluding carboxylic acids is 1. The highest BCUT2D eigenvalue weighted by atomic mass is 35.5. The van der Waals surface area contributed by atoms with E-state index in [2.05, 4.69) is 5.32 Å². The van der Waals surface area contributed by atoms with Gasteiger partial charge in [0, 0.05) is 36.3 Å². The molecule has 1 amide bonds. The van der Waals surface area contributed by atoms with Crippen molar-refractivity contribution in [3.63, 3.8) is 0 Å². The summed E-state index contributed by atoms with van der Waals surface area (Å²) in [6, 6.07) is 5.90. The van der Waals surface area contributed by atoms with E-state index in [9.17, 15) is 4.79 Å². The van der Waals surface area contributed by atoms with Gasteiger partial charge in [-0.15, -0.1) is 0 Å². The fourth-order valence-electron chi connectivity index (χ4n) is 3.08. The number of likely N-dealkylation sites (tertiary alicyclic amines) is 1. The zero-order valence-electron chi connectivity index (χ0n) is 10.4. The van der Waals surface area contributed by atoms with Crippen molar-refractivity contribution in [2.24, 2.45) is 5.92 Å². The number of amides is 1. The first kappa shape index (κ1) is 12.0. The van der Waals surface area contributed by atoms with E-state index >= 15 is 0 Å². The molecule has 0 bridgehead atoms. The molecule has 2 fully saturated rings. The van der Waals surface area contributed by atoms with Gasteiger partial charge < -0.3 is 10.2 Å². The second kappa shape index (κ2) is 4.56. The molecule has 1 N–H and O–H groups in total. The summed E-state index contributed by atoms with van der Waals surface area (Å²) in [5.41, 5.74) is 1.74. The van der Waals surface area contributed by atoms with Crippen molar-refractivity contribution in [2.45, 2.75) is 19.4 Å². The third-order valence-electron chi connectivity index (χ3n) is 4.14. The van der Waals surface area contributed by atoms with Crippen LogP contribution in [0, 0.1) is 12.8 Å². The molecule has 0 radical (unpaired) electrons. The van der Waals surface area contributed by atoms with Gasteiger partial charge in [-0.2, -0.15) is 0 Å². The number of rotatable bonds is 1. The summed E-state index contributed by atoms with van der Waals surface area (Å²) in [6.45, 7) is 4.81. The van der Waals surface area contributed by atoms with Gasteiger partial charge in [-0.1, -0.05) is 17.7 Å². The highest BCUT2D eigenvalue weighted by Crippen LogP contribution is 2.29. The third kappa shape index (κ3) is 1.91. The molecular formula is C14H17ClN2O. The Morgan fingerprint density at radius 2 is 2.28 bits per heavy atom. The first-order valence-corrected chi connectivity index (χ1v) is 6.82. The Balaban J connectivity index is 1.88. The monoisotopic (exact) mass is 264 g/mol. The number of benzene rings is 1. The standard InChI is InChI=1S/C14H17ClN2O/c1-9-2-3-11(15)6-12(9)14(18)17-5-4-10-7-16-8-13(10)17/h2-3,6,10,13,16H,4-5,7-8H2,1H3/t10-,13+/m0/s1. The molecule has 0 aromatic heterocycles. The molecule has 0 saturated carbocycles. The first-order chi connectivity index (χ1) is 8.66. The SMILES string of the molecule is Cc1ccc(Cl)cc1C(=O)N1CC[C@H]2CNC[C@H]21. The minimum Gasteiger partial charge on any atom is -0.334 e. The van der Waals surface area contributed by atoms with Crippen LogP contribution in [0.3, 0.4) is 0 Å². The Hall–Kier alpha value is -1.06. The van der Waals surface area contributed by atoms with Gasteiger partial charge in [-0.05, 0) is 37.0 Å². The van der Waals surface area contributed by atoms with E-state index in [-0.39, 0.29) is 5.91 Å². The summed E-state index contributed by atoms with van der Waals surface area (Å²) in [4.78, 5) is 14.6. The smallest absolute Gasteiger partial charge is 0.254 e. The Kier molecular flexibility index (Phi) is 3.04. The van der Waals surface area contributed by atoms with E-state index < -0.39 is 0 Å². The highest BCUT2D eigenvalue weighted by molar-refractivity contribution is 6.31. The third-order valence-corrected chi connectivity index (χ3v) is 4.37. The number of aryl methyl sites for hydroxylation is 1. The Morgan fingerprint density at radius 1 is 1.44 bits per heavy atom. The van der Waals surface area contributed by atoms with E-state index in [4.69, 9.17) is 11.6 Å². The number of nitrogens with one attached hydrogen (secondary N) is 1. The number of hydrogen-bond donors (Lipinski definition) is 1. The molecule has 0 unspecified atom stereocenters. The van der Waals surface area contributed by atoms with Crippen LogP contribution in [0.15, 0.2) is 18.2 Å². The molecule has 0 spiro atoms. The molecule has 96 valence electrons. The lowest BCUT2D eigenvalue weighted by molar-refractivity contribution is 0.0736. The molecule has 2 aliphatic rings. The second-order valence-corrected chi connectivity index (χ2v) is 5.67. The number of hydrogen-bond acceptors (Lipinski definition) is 2. The van der Waals surface area contributed by atoms with Gasteiger partial charge in [0.05, 0.1) is 0 Å². The van der Waals surface area contributed by atoms with Crippen LogP contribution in [0.1, 0.15) is 22.3 Å². The number of halogens is 1. The molecule has 2 saturated heterocycles. The number of carbonyl (C=O) groups is 1. The van der Waals surface area contributed by atoms with Gasteiger partial charge in [0.1, 0.15) is 0 Å². The maximum absolute atomic E-state index is 12.6. The summed E-state index contributed by atoms with van der Waals surface area (Å²) < 4.78 is 0. The summed E-state index contributed by atoms with van der Waals surface area (Å²) in [5.74, 6) is 0.764. The molecule has 18 heavy (non-hydrogen) atoms. The van der Waals surface area contributed by atoms with Gasteiger partial charge >= 0.3 is 0 Å². The van der Waals surface area contributed by atoms with Crippen LogP contribution >= 0.6 is 11.6 Å². The Labute approximate surface area is 112 Å². The summed E-state index contributed by atoms with van der Waals surface area (Å²) >= 11 is 6.00. The minimum atomic E-state index is 0.131. The van der Waals surface area contributed by atoms with Crippen LogP contribution in [0.2, 0.25) is 5.02 Å². The van der Waals surface area contributed by atoms with Crippen molar-refractivity contribution in [1.82, 2.24) is 10.2 Å². The maximum Gasteiger partial charge on any atom is 0.254 e. The number of fused-ring (bicyclic) bond motifs is 1. The lowest BCUT2D eigenvalue weighted by atomic mass is 10.0. The molecule has 2 atom stereocenters. The van der Waals surface area contributed by atoms with E-state index in [0.29, 0.717) is 17.0 Å². The molecule has 2 heterocycles. The van der Waals surface area contributed by atoms with Crippen molar-refractivity contribution < 1.29 is 4.79 Å². The molecule has 0 aliphatic carbocycles. The van der Waals surface area contributed by atoms with Gasteiger partial charge in [0.15, 0.2) is 0 Å². The predicted octanol–water partition coefficient (Wildman–Crippen LogP) is 2.08. The van der Waals surface area contributed by atoms with Crippen LogP contribution in [0.5, 0.6) is 0 Å². The van der Waals surface area contributed by atoms with Crippen LogP contribution in [0.25, 0.3) is 0 Å². The average molecular weight is 265 g/mol. The maximum atomic E-state index is 12.6. The lowest BCUT2D eigenvalue weighted by Crippen LogP contribution is -2.39.